The predicted octanol–water partition coefficient (Wildman–Crippen LogP) is 1.79. The fraction of sp³-hybridized carbons (Fsp3) is 0.364. The topological polar surface area (TPSA) is 12.0 Å². The summed E-state index contributed by atoms with van der Waals surface area (Å²) in [7, 11) is 0. The van der Waals surface area contributed by atoms with Gasteiger partial charge >= 0.3 is 0 Å². The van der Waals surface area contributed by atoms with E-state index < -0.39 is 0 Å². The van der Waals surface area contributed by atoms with Crippen LogP contribution in [-0.4, -0.2) is 13.1 Å². The molecule has 4 heteroatoms. The first-order valence-electron chi connectivity index (χ1n) is 4.49. The molecule has 15 heavy (non-hydrogen) atoms. The second-order valence-corrected chi connectivity index (χ2v) is 3.13. The Morgan fingerprint density at radius 3 is 2.27 bits per heavy atom. The van der Waals surface area contributed by atoms with Gasteiger partial charge in [0.15, 0.2) is 0 Å². The maximum atomic E-state index is 3.35. The van der Waals surface area contributed by atoms with E-state index in [1.807, 2.05) is 12.1 Å². The smallest absolute Gasteiger partial charge is 0 e. The van der Waals surface area contributed by atoms with Gasteiger partial charge in [0.25, 0.3) is 0 Å². The Kier molecular flexibility index (Phi) is 12.7. The zero-order valence-electron chi connectivity index (χ0n) is 8.36. The number of nitrogens with one attached hydrogen (secondary N) is 1. The van der Waals surface area contributed by atoms with Crippen molar-refractivity contribution in [2.75, 3.05) is 13.1 Å². The van der Waals surface area contributed by atoms with Crippen LogP contribution in [0.15, 0.2) is 24.3 Å². The van der Waals surface area contributed by atoms with Gasteiger partial charge < -0.3 is 5.32 Å². The summed E-state index contributed by atoms with van der Waals surface area (Å²) in [5.41, 5.74) is 1.30. The minimum absolute atomic E-state index is 0. The molecule has 1 aliphatic rings. The molecular weight excluding hydrogens is 698 g/mol. The number of piperidine rings is 1. The van der Waals surface area contributed by atoms with E-state index in [9.17, 15) is 0 Å². The Morgan fingerprint density at radius 2 is 1.73 bits per heavy atom. The van der Waals surface area contributed by atoms with E-state index in [2.05, 4.69) is 23.5 Å². The van der Waals surface area contributed by atoms with E-state index in [1.54, 1.807) is 5.92 Å². The third-order valence-electron chi connectivity index (χ3n) is 2.30. The molecule has 1 nitrogen and oxygen atoms in total. The first-order chi connectivity index (χ1) is 5.97. The number of rotatable bonds is 1. The second-order valence-electron chi connectivity index (χ2n) is 3.13. The maximum absolute atomic E-state index is 3.35. The van der Waals surface area contributed by atoms with Crippen LogP contribution >= 0.6 is 0 Å². The van der Waals surface area contributed by atoms with Crippen molar-refractivity contribution in [2.45, 2.75) is 12.8 Å². The molecule has 0 amide bonds. The molecule has 0 saturated carbocycles. The molecule has 0 atom stereocenters. The summed E-state index contributed by atoms with van der Waals surface area (Å²) in [6, 6.07) is 11.5. The van der Waals surface area contributed by atoms with Gasteiger partial charge in [-0.2, -0.15) is 0 Å². The molecule has 0 unspecified atom stereocenters. The fourth-order valence-electron chi connectivity index (χ4n) is 1.61. The van der Waals surface area contributed by atoms with Crippen LogP contribution in [0.1, 0.15) is 18.4 Å². The molecule has 82 valence electrons. The van der Waals surface area contributed by atoms with Crippen molar-refractivity contribution < 1.29 is 63.2 Å². The molecule has 0 aromatic heterocycles. The minimum atomic E-state index is 0. The summed E-state index contributed by atoms with van der Waals surface area (Å²) in [6.45, 7) is 2.25. The molecule has 0 aliphatic carbocycles. The van der Waals surface area contributed by atoms with Crippen molar-refractivity contribution in [3.05, 3.63) is 41.8 Å². The van der Waals surface area contributed by atoms with Crippen LogP contribution in [0.3, 0.4) is 0 Å². The van der Waals surface area contributed by atoms with Crippen LogP contribution in [0, 0.1) is 12.0 Å². The van der Waals surface area contributed by atoms with Crippen molar-refractivity contribution in [2.24, 2.45) is 0 Å². The maximum Gasteiger partial charge on any atom is 0 e. The van der Waals surface area contributed by atoms with Crippen LogP contribution in [0.5, 0.6) is 0 Å². The molecule has 1 aliphatic heterocycles. The van der Waals surface area contributed by atoms with Crippen molar-refractivity contribution in [3.8, 4) is 0 Å². The van der Waals surface area contributed by atoms with E-state index in [-0.39, 0.29) is 63.2 Å². The molecule has 1 aromatic carbocycles. The summed E-state index contributed by atoms with van der Waals surface area (Å²) in [5.74, 6) is 1.55. The van der Waals surface area contributed by atoms with Gasteiger partial charge in [-0.1, -0.05) is 12.8 Å². The monoisotopic (exact) mass is 711 g/mol. The normalized spacial score (nSPS) is 14.3. The quantitative estimate of drug-likeness (QED) is 0.439. The van der Waals surface area contributed by atoms with Crippen LogP contribution in [0.4, 0.5) is 0 Å². The molecule has 0 radical (unpaired) electrons. The standard InChI is InChI=1S/C11H13N.3W/c1-2-4-10(5-3-1)11-6-8-12-9-7-11;;;/h1-4,12H,6-9H2;;;/q-2;;;. The zero-order chi connectivity index (χ0) is 8.23. The summed E-state index contributed by atoms with van der Waals surface area (Å²) in [4.78, 5) is 0. The molecular formula is C11H13NW3-2. The molecule has 1 aromatic rings. The Labute approximate surface area is 135 Å². The van der Waals surface area contributed by atoms with Crippen molar-refractivity contribution in [1.82, 2.24) is 5.32 Å². The third-order valence-corrected chi connectivity index (χ3v) is 2.30. The Morgan fingerprint density at radius 1 is 1.07 bits per heavy atom. The van der Waals surface area contributed by atoms with Crippen LogP contribution in [-0.2, 0) is 63.2 Å². The molecule has 1 N–H and O–H groups in total. The van der Waals surface area contributed by atoms with Gasteiger partial charge in [0.1, 0.15) is 0 Å². The molecule has 0 spiro atoms. The van der Waals surface area contributed by atoms with Crippen LogP contribution in [0.25, 0.3) is 0 Å². The van der Waals surface area contributed by atoms with Gasteiger partial charge in [-0.05, 0) is 13.1 Å². The van der Waals surface area contributed by atoms with Gasteiger partial charge in [0, 0.05) is 63.2 Å². The summed E-state index contributed by atoms with van der Waals surface area (Å²) in [6.07, 6.45) is 2.36. The SMILES string of the molecule is [W].[W].[W].[c-]1ccccc1[C-]1CCNCC1. The van der Waals surface area contributed by atoms with E-state index in [0.29, 0.717) is 0 Å². The Hall–Kier alpha value is 1.11. The number of hydrogen-bond donors (Lipinski definition) is 1. The molecule has 1 fully saturated rings. The first-order valence-corrected chi connectivity index (χ1v) is 4.49. The van der Waals surface area contributed by atoms with Crippen molar-refractivity contribution >= 4 is 0 Å². The fourth-order valence-corrected chi connectivity index (χ4v) is 1.61. The van der Waals surface area contributed by atoms with Crippen molar-refractivity contribution in [1.29, 1.82) is 0 Å². The first kappa shape index (κ1) is 18.5. The van der Waals surface area contributed by atoms with Crippen LogP contribution < -0.4 is 5.32 Å². The zero-order valence-corrected chi connectivity index (χ0v) is 17.2. The van der Waals surface area contributed by atoms with Gasteiger partial charge in [0.2, 0.25) is 0 Å². The predicted molar refractivity (Wildman–Crippen MR) is 49.7 cm³/mol. The average molecular weight is 711 g/mol. The third kappa shape index (κ3) is 5.83. The second kappa shape index (κ2) is 10.3. The van der Waals surface area contributed by atoms with Gasteiger partial charge in [-0.3, -0.25) is 11.6 Å². The van der Waals surface area contributed by atoms with Crippen molar-refractivity contribution in [3.63, 3.8) is 0 Å². The van der Waals surface area contributed by atoms with E-state index in [0.717, 1.165) is 13.1 Å². The van der Waals surface area contributed by atoms with Gasteiger partial charge in [-0.15, -0.1) is 0 Å². The minimum Gasteiger partial charge on any atom is -0.319 e. The Bertz CT molecular complexity index is 235. The Balaban J connectivity index is 0. The number of benzene rings is 1. The molecule has 0 bridgehead atoms. The molecule has 2 rings (SSSR count). The largest absolute Gasteiger partial charge is 0.319 e. The summed E-state index contributed by atoms with van der Waals surface area (Å²) in [5, 5.41) is 3.35. The van der Waals surface area contributed by atoms with E-state index >= 15 is 0 Å². The van der Waals surface area contributed by atoms with Gasteiger partial charge in [0.05, 0.1) is 0 Å². The summed E-state index contributed by atoms with van der Waals surface area (Å²) >= 11 is 0. The van der Waals surface area contributed by atoms with E-state index in [4.69, 9.17) is 0 Å². The average Bonchev–Trinajstić information content (AvgIpc) is 2.21. The molecule has 1 heterocycles. The van der Waals surface area contributed by atoms with Gasteiger partial charge in [-0.25, -0.2) is 30.2 Å². The summed E-state index contributed by atoms with van der Waals surface area (Å²) < 4.78 is 0. The van der Waals surface area contributed by atoms with E-state index in [1.165, 1.54) is 18.4 Å². The number of hydrogen-bond acceptors (Lipinski definition) is 1. The van der Waals surface area contributed by atoms with Crippen LogP contribution in [0.2, 0.25) is 0 Å². The molecule has 1 saturated heterocycles.